The molecule has 0 aliphatic rings. The summed E-state index contributed by atoms with van der Waals surface area (Å²) in [6.07, 6.45) is -4.42. The summed E-state index contributed by atoms with van der Waals surface area (Å²) in [5.41, 5.74) is 5.17. The van der Waals surface area contributed by atoms with Crippen LogP contribution in [-0.4, -0.2) is 14.1 Å². The maximum Gasteiger partial charge on any atom is 0.416 e. The normalized spacial score (nSPS) is 12.0. The number of anilines is 1. The van der Waals surface area contributed by atoms with Crippen LogP contribution in [-0.2, 0) is 19.8 Å². The van der Waals surface area contributed by atoms with Crippen LogP contribution in [0.25, 0.3) is 21.8 Å². The summed E-state index contributed by atoms with van der Waals surface area (Å²) in [7, 11) is 1.37. The minimum Gasteiger partial charge on any atom is -0.384 e. The van der Waals surface area contributed by atoms with E-state index in [9.17, 15) is 22.8 Å². The molecule has 0 saturated heterocycles. The summed E-state index contributed by atoms with van der Waals surface area (Å²) < 4.78 is 40.5. The lowest BCUT2D eigenvalue weighted by Gasteiger charge is -2.15. The number of nitrogens with two attached hydrogens (primary N) is 1. The molecule has 6 nitrogen and oxygen atoms in total. The van der Waals surface area contributed by atoms with E-state index in [1.165, 1.54) is 35.1 Å². The van der Waals surface area contributed by atoms with Gasteiger partial charge in [0.2, 0.25) is 0 Å². The van der Waals surface area contributed by atoms with Crippen LogP contribution in [0, 0.1) is 5.92 Å². The van der Waals surface area contributed by atoms with Crippen LogP contribution < -0.4 is 17.0 Å². The number of alkyl halides is 3. The lowest BCUT2D eigenvalue weighted by atomic mass is 10.1. The summed E-state index contributed by atoms with van der Waals surface area (Å²) >= 11 is 1.17. The van der Waals surface area contributed by atoms with Crippen molar-refractivity contribution in [2.45, 2.75) is 26.6 Å². The number of hydrogen-bond acceptors (Lipinski definition) is 5. The predicted octanol–water partition coefficient (Wildman–Crippen LogP) is 3.59. The van der Waals surface area contributed by atoms with E-state index >= 15 is 0 Å². The van der Waals surface area contributed by atoms with Crippen molar-refractivity contribution in [1.82, 2.24) is 14.1 Å². The number of rotatable bonds is 4. The molecule has 29 heavy (non-hydrogen) atoms. The second-order valence-corrected chi connectivity index (χ2v) is 7.88. The van der Waals surface area contributed by atoms with Crippen LogP contribution in [0.2, 0.25) is 0 Å². The average Bonchev–Trinajstić information content (AvgIpc) is 3.12. The van der Waals surface area contributed by atoms with Gasteiger partial charge in [-0.05, 0) is 18.1 Å². The molecule has 0 aliphatic carbocycles. The van der Waals surface area contributed by atoms with Crippen LogP contribution in [0.4, 0.5) is 19.0 Å². The Balaban J connectivity index is 2.08. The molecule has 0 bridgehead atoms. The Kier molecular flexibility index (Phi) is 5.40. The quantitative estimate of drug-likeness (QED) is 0.694. The molecule has 2 heterocycles. The fourth-order valence-corrected chi connectivity index (χ4v) is 3.71. The van der Waals surface area contributed by atoms with Crippen molar-refractivity contribution in [3.8, 4) is 21.8 Å². The summed E-state index contributed by atoms with van der Waals surface area (Å²) in [4.78, 5) is 29.4. The molecule has 1 aromatic carbocycles. The van der Waals surface area contributed by atoms with Gasteiger partial charge in [0.15, 0.2) is 0 Å². The van der Waals surface area contributed by atoms with Crippen LogP contribution in [0.1, 0.15) is 19.4 Å². The molecule has 2 N–H and O–H groups in total. The van der Waals surface area contributed by atoms with Crippen molar-refractivity contribution in [2.75, 3.05) is 5.73 Å². The highest BCUT2D eigenvalue weighted by atomic mass is 32.1. The van der Waals surface area contributed by atoms with Gasteiger partial charge in [-0.2, -0.15) is 13.2 Å². The van der Waals surface area contributed by atoms with E-state index in [4.69, 9.17) is 5.73 Å². The van der Waals surface area contributed by atoms with Gasteiger partial charge in [0.1, 0.15) is 16.4 Å². The van der Waals surface area contributed by atoms with Crippen molar-refractivity contribution in [2.24, 2.45) is 13.0 Å². The lowest BCUT2D eigenvalue weighted by Crippen LogP contribution is -2.41. The Labute approximate surface area is 168 Å². The van der Waals surface area contributed by atoms with Gasteiger partial charge in [0, 0.05) is 24.5 Å². The maximum absolute atomic E-state index is 12.7. The van der Waals surface area contributed by atoms with E-state index in [2.05, 4.69) is 4.98 Å². The van der Waals surface area contributed by atoms with E-state index < -0.39 is 23.0 Å². The zero-order valence-corrected chi connectivity index (χ0v) is 16.8. The molecular weight excluding hydrogens is 405 g/mol. The monoisotopic (exact) mass is 424 g/mol. The number of aromatic nitrogens is 3. The maximum atomic E-state index is 12.7. The minimum absolute atomic E-state index is 0.0241. The second-order valence-electron chi connectivity index (χ2n) is 7.02. The topological polar surface area (TPSA) is 82.9 Å². The van der Waals surface area contributed by atoms with Crippen molar-refractivity contribution in [1.29, 1.82) is 0 Å². The summed E-state index contributed by atoms with van der Waals surface area (Å²) in [5.74, 6) is 0.148. The van der Waals surface area contributed by atoms with Gasteiger partial charge in [0.25, 0.3) is 5.56 Å². The van der Waals surface area contributed by atoms with Crippen molar-refractivity contribution in [3.63, 3.8) is 0 Å². The lowest BCUT2D eigenvalue weighted by molar-refractivity contribution is -0.137. The standard InChI is InChI=1S/C19H19F3N4O2S/c1-10(2)8-26-15(23)14(17(27)25(3)18(26)28)13-9-29-16(24-13)11-4-6-12(7-5-11)19(20,21)22/h4-7,9-10H,8,23H2,1-3H3. The molecule has 154 valence electrons. The van der Waals surface area contributed by atoms with Gasteiger partial charge in [-0.25, -0.2) is 9.78 Å². The predicted molar refractivity (Wildman–Crippen MR) is 107 cm³/mol. The largest absolute Gasteiger partial charge is 0.416 e. The number of halogens is 3. The van der Waals surface area contributed by atoms with Crippen molar-refractivity contribution >= 4 is 17.2 Å². The van der Waals surface area contributed by atoms with E-state index in [1.54, 1.807) is 5.38 Å². The zero-order chi connectivity index (χ0) is 21.5. The smallest absolute Gasteiger partial charge is 0.384 e. The van der Waals surface area contributed by atoms with Gasteiger partial charge in [-0.15, -0.1) is 11.3 Å². The minimum atomic E-state index is -4.42. The summed E-state index contributed by atoms with van der Waals surface area (Å²) in [6, 6.07) is 4.61. The van der Waals surface area contributed by atoms with E-state index in [1.807, 2.05) is 13.8 Å². The Morgan fingerprint density at radius 1 is 1.17 bits per heavy atom. The number of hydrogen-bond donors (Lipinski definition) is 1. The highest BCUT2D eigenvalue weighted by molar-refractivity contribution is 7.13. The van der Waals surface area contributed by atoms with Crippen LogP contribution in [0.15, 0.2) is 39.2 Å². The molecule has 0 atom stereocenters. The molecule has 2 aromatic heterocycles. The third-order valence-corrected chi connectivity index (χ3v) is 5.24. The van der Waals surface area contributed by atoms with Crippen molar-refractivity contribution < 1.29 is 13.2 Å². The number of nitrogen functional groups attached to an aromatic ring is 1. The molecule has 0 radical (unpaired) electrons. The Bertz CT molecular complexity index is 1160. The molecule has 0 spiro atoms. The van der Waals surface area contributed by atoms with Crippen LogP contribution in [0.3, 0.4) is 0 Å². The third kappa shape index (κ3) is 3.98. The number of benzene rings is 1. The van der Waals surface area contributed by atoms with E-state index in [-0.39, 0.29) is 23.0 Å². The fourth-order valence-electron chi connectivity index (χ4n) is 2.89. The highest BCUT2D eigenvalue weighted by Crippen LogP contribution is 2.33. The van der Waals surface area contributed by atoms with Gasteiger partial charge in [0.05, 0.1) is 11.3 Å². The molecular formula is C19H19F3N4O2S. The Morgan fingerprint density at radius 3 is 2.34 bits per heavy atom. The third-order valence-electron chi connectivity index (χ3n) is 4.35. The van der Waals surface area contributed by atoms with Crippen LogP contribution >= 0.6 is 11.3 Å². The van der Waals surface area contributed by atoms with Gasteiger partial charge >= 0.3 is 11.9 Å². The SMILES string of the molecule is CC(C)Cn1c(N)c(-c2csc(-c3ccc(C(F)(F)F)cc3)n2)c(=O)n(C)c1=O. The van der Waals surface area contributed by atoms with E-state index in [0.29, 0.717) is 17.1 Å². The molecule has 3 rings (SSSR count). The highest BCUT2D eigenvalue weighted by Gasteiger charge is 2.30. The zero-order valence-electron chi connectivity index (χ0n) is 15.9. The molecule has 0 amide bonds. The van der Waals surface area contributed by atoms with Gasteiger partial charge < -0.3 is 5.73 Å². The Morgan fingerprint density at radius 2 is 1.79 bits per heavy atom. The van der Waals surface area contributed by atoms with Crippen LogP contribution in [0.5, 0.6) is 0 Å². The second kappa shape index (κ2) is 7.51. The molecule has 0 aliphatic heterocycles. The molecule has 0 fully saturated rings. The summed E-state index contributed by atoms with van der Waals surface area (Å²) in [6.45, 7) is 4.17. The van der Waals surface area contributed by atoms with Crippen molar-refractivity contribution in [3.05, 3.63) is 56.0 Å². The molecule has 10 heteroatoms. The summed E-state index contributed by atoms with van der Waals surface area (Å²) in [5, 5.41) is 2.04. The van der Waals surface area contributed by atoms with Gasteiger partial charge in [-0.3, -0.25) is 13.9 Å². The molecule has 0 unspecified atom stereocenters. The first-order valence-corrected chi connectivity index (χ1v) is 9.61. The first-order chi connectivity index (χ1) is 13.5. The average molecular weight is 424 g/mol. The molecule has 3 aromatic rings. The fraction of sp³-hybridized carbons (Fsp3) is 0.316. The van der Waals surface area contributed by atoms with E-state index in [0.717, 1.165) is 16.7 Å². The first-order valence-electron chi connectivity index (χ1n) is 8.73. The van der Waals surface area contributed by atoms with Gasteiger partial charge in [-0.1, -0.05) is 26.0 Å². The number of thiazole rings is 1. The Hall–Kier alpha value is -2.88. The molecule has 0 saturated carbocycles. The first kappa shape index (κ1) is 20.8. The number of nitrogens with zero attached hydrogens (tertiary/aromatic N) is 3.